The van der Waals surface area contributed by atoms with Crippen molar-refractivity contribution in [3.63, 3.8) is 0 Å². The molecule has 4 nitrogen and oxygen atoms in total. The minimum atomic E-state index is 0.606. The molecule has 1 rings (SSSR count). The SMILES string of the molecule is CCNCc1cnc(N(CCOC)CC(C)C)c(C)c1. The fourth-order valence-electron chi connectivity index (χ4n) is 2.25. The number of ether oxygens (including phenoxy) is 1. The summed E-state index contributed by atoms with van der Waals surface area (Å²) in [5.41, 5.74) is 2.47. The summed E-state index contributed by atoms with van der Waals surface area (Å²) in [7, 11) is 1.74. The van der Waals surface area contributed by atoms with Crippen LogP contribution in [-0.2, 0) is 11.3 Å². The van der Waals surface area contributed by atoms with E-state index in [9.17, 15) is 0 Å². The van der Waals surface area contributed by atoms with E-state index in [-0.39, 0.29) is 0 Å². The van der Waals surface area contributed by atoms with Crippen molar-refractivity contribution < 1.29 is 4.74 Å². The monoisotopic (exact) mass is 279 g/mol. The molecule has 0 fully saturated rings. The van der Waals surface area contributed by atoms with Crippen LogP contribution in [-0.4, -0.2) is 38.3 Å². The van der Waals surface area contributed by atoms with Gasteiger partial charge < -0.3 is 15.0 Å². The van der Waals surface area contributed by atoms with Crippen molar-refractivity contribution in [3.8, 4) is 0 Å². The molecular formula is C16H29N3O. The Labute approximate surface area is 123 Å². The molecule has 20 heavy (non-hydrogen) atoms. The van der Waals surface area contributed by atoms with Gasteiger partial charge in [-0.05, 0) is 36.6 Å². The molecule has 1 aromatic rings. The smallest absolute Gasteiger partial charge is 0.131 e. The molecule has 0 aliphatic carbocycles. The van der Waals surface area contributed by atoms with Gasteiger partial charge in [0.1, 0.15) is 5.82 Å². The number of aromatic nitrogens is 1. The fraction of sp³-hybridized carbons (Fsp3) is 0.688. The number of aryl methyl sites for hydroxylation is 1. The van der Waals surface area contributed by atoms with Gasteiger partial charge in [0.05, 0.1) is 6.61 Å². The minimum Gasteiger partial charge on any atom is -0.383 e. The average Bonchev–Trinajstić information content (AvgIpc) is 2.41. The highest BCUT2D eigenvalue weighted by Gasteiger charge is 2.12. The Hall–Kier alpha value is -1.13. The first-order valence-corrected chi connectivity index (χ1v) is 7.48. The largest absolute Gasteiger partial charge is 0.383 e. The lowest BCUT2D eigenvalue weighted by Crippen LogP contribution is -2.32. The molecule has 0 bridgehead atoms. The Kier molecular flexibility index (Phi) is 7.55. The lowest BCUT2D eigenvalue weighted by atomic mass is 10.1. The molecule has 0 aromatic carbocycles. The first-order chi connectivity index (χ1) is 9.58. The van der Waals surface area contributed by atoms with E-state index in [0.29, 0.717) is 5.92 Å². The topological polar surface area (TPSA) is 37.4 Å². The Morgan fingerprint density at radius 1 is 1.40 bits per heavy atom. The molecule has 1 aromatic heterocycles. The van der Waals surface area contributed by atoms with Gasteiger partial charge >= 0.3 is 0 Å². The Bertz CT molecular complexity index is 393. The van der Waals surface area contributed by atoms with E-state index in [1.165, 1.54) is 11.1 Å². The number of nitrogens with zero attached hydrogens (tertiary/aromatic N) is 2. The van der Waals surface area contributed by atoms with Gasteiger partial charge in [0.2, 0.25) is 0 Å². The van der Waals surface area contributed by atoms with Gasteiger partial charge in [0.15, 0.2) is 0 Å². The van der Waals surface area contributed by atoms with Crippen LogP contribution < -0.4 is 10.2 Å². The molecule has 114 valence electrons. The summed E-state index contributed by atoms with van der Waals surface area (Å²) < 4.78 is 5.21. The van der Waals surface area contributed by atoms with Crippen LogP contribution >= 0.6 is 0 Å². The van der Waals surface area contributed by atoms with Crippen molar-refractivity contribution >= 4 is 5.82 Å². The second kappa shape index (κ2) is 8.93. The molecular weight excluding hydrogens is 250 g/mol. The van der Waals surface area contributed by atoms with E-state index in [2.05, 4.69) is 49.0 Å². The zero-order chi connectivity index (χ0) is 15.0. The summed E-state index contributed by atoms with van der Waals surface area (Å²) in [5, 5.41) is 3.33. The molecule has 0 aliphatic heterocycles. The van der Waals surface area contributed by atoms with Gasteiger partial charge in [-0.15, -0.1) is 0 Å². The Morgan fingerprint density at radius 3 is 2.70 bits per heavy atom. The summed E-state index contributed by atoms with van der Waals surface area (Å²) in [4.78, 5) is 6.99. The van der Waals surface area contributed by atoms with E-state index in [0.717, 1.165) is 38.6 Å². The minimum absolute atomic E-state index is 0.606. The number of nitrogens with one attached hydrogen (secondary N) is 1. The highest BCUT2D eigenvalue weighted by atomic mass is 16.5. The summed E-state index contributed by atoms with van der Waals surface area (Å²) in [6.45, 7) is 13.2. The van der Waals surface area contributed by atoms with Crippen molar-refractivity contribution in [2.24, 2.45) is 5.92 Å². The normalized spacial score (nSPS) is 11.1. The number of hydrogen-bond donors (Lipinski definition) is 1. The second-order valence-electron chi connectivity index (χ2n) is 5.60. The van der Waals surface area contributed by atoms with Crippen LogP contribution in [0.4, 0.5) is 5.82 Å². The molecule has 4 heteroatoms. The van der Waals surface area contributed by atoms with Crippen LogP contribution in [0.5, 0.6) is 0 Å². The van der Waals surface area contributed by atoms with E-state index in [1.807, 2.05) is 6.20 Å². The lowest BCUT2D eigenvalue weighted by molar-refractivity contribution is 0.204. The van der Waals surface area contributed by atoms with E-state index >= 15 is 0 Å². The third kappa shape index (κ3) is 5.47. The van der Waals surface area contributed by atoms with Crippen LogP contribution in [0, 0.1) is 12.8 Å². The van der Waals surface area contributed by atoms with Gasteiger partial charge in [0.25, 0.3) is 0 Å². The molecule has 1 heterocycles. The maximum atomic E-state index is 5.21. The molecule has 0 saturated carbocycles. The van der Waals surface area contributed by atoms with Gasteiger partial charge in [0, 0.05) is 32.9 Å². The first kappa shape index (κ1) is 16.9. The predicted molar refractivity (Wildman–Crippen MR) is 85.3 cm³/mol. The Balaban J connectivity index is 2.83. The van der Waals surface area contributed by atoms with Crippen molar-refractivity contribution in [1.29, 1.82) is 0 Å². The fourth-order valence-corrected chi connectivity index (χ4v) is 2.25. The highest BCUT2D eigenvalue weighted by Crippen LogP contribution is 2.19. The van der Waals surface area contributed by atoms with Crippen LogP contribution in [0.15, 0.2) is 12.3 Å². The second-order valence-corrected chi connectivity index (χ2v) is 5.60. The summed E-state index contributed by atoms with van der Waals surface area (Å²) in [6.07, 6.45) is 1.98. The third-order valence-corrected chi connectivity index (χ3v) is 3.14. The van der Waals surface area contributed by atoms with E-state index in [4.69, 9.17) is 4.74 Å². The number of methoxy groups -OCH3 is 1. The van der Waals surface area contributed by atoms with Gasteiger partial charge in [-0.25, -0.2) is 4.98 Å². The molecule has 0 spiro atoms. The molecule has 0 aliphatic rings. The van der Waals surface area contributed by atoms with Crippen LogP contribution in [0.25, 0.3) is 0 Å². The van der Waals surface area contributed by atoms with Crippen LogP contribution in [0.1, 0.15) is 31.9 Å². The predicted octanol–water partition coefficient (Wildman–Crippen LogP) is 2.61. The van der Waals surface area contributed by atoms with E-state index in [1.54, 1.807) is 7.11 Å². The zero-order valence-electron chi connectivity index (χ0n) is 13.6. The number of rotatable bonds is 9. The van der Waals surface area contributed by atoms with Gasteiger partial charge in [-0.2, -0.15) is 0 Å². The molecule has 1 N–H and O–H groups in total. The number of pyridine rings is 1. The standard InChI is InChI=1S/C16H29N3O/c1-6-17-10-15-9-14(4)16(18-11-15)19(7-8-20-5)12-13(2)3/h9,11,13,17H,6-8,10,12H2,1-5H3. The van der Waals surface area contributed by atoms with Crippen LogP contribution in [0.2, 0.25) is 0 Å². The summed E-state index contributed by atoms with van der Waals surface area (Å²) in [6, 6.07) is 2.23. The molecule has 0 unspecified atom stereocenters. The first-order valence-electron chi connectivity index (χ1n) is 7.48. The average molecular weight is 279 g/mol. The molecule has 0 saturated heterocycles. The van der Waals surface area contributed by atoms with Crippen molar-refractivity contribution in [1.82, 2.24) is 10.3 Å². The highest BCUT2D eigenvalue weighted by molar-refractivity contribution is 5.47. The number of hydrogen-bond acceptors (Lipinski definition) is 4. The molecule has 0 atom stereocenters. The maximum absolute atomic E-state index is 5.21. The van der Waals surface area contributed by atoms with Crippen molar-refractivity contribution in [2.45, 2.75) is 34.2 Å². The lowest BCUT2D eigenvalue weighted by Gasteiger charge is -2.27. The Morgan fingerprint density at radius 2 is 2.15 bits per heavy atom. The zero-order valence-corrected chi connectivity index (χ0v) is 13.6. The summed E-state index contributed by atoms with van der Waals surface area (Å²) in [5.74, 6) is 1.69. The third-order valence-electron chi connectivity index (χ3n) is 3.14. The summed E-state index contributed by atoms with van der Waals surface area (Å²) >= 11 is 0. The van der Waals surface area contributed by atoms with Gasteiger partial charge in [-0.3, -0.25) is 0 Å². The van der Waals surface area contributed by atoms with Crippen molar-refractivity contribution in [2.75, 3.05) is 38.3 Å². The number of anilines is 1. The van der Waals surface area contributed by atoms with E-state index < -0.39 is 0 Å². The van der Waals surface area contributed by atoms with Gasteiger partial charge in [-0.1, -0.05) is 20.8 Å². The quantitative estimate of drug-likeness (QED) is 0.754. The van der Waals surface area contributed by atoms with Crippen molar-refractivity contribution in [3.05, 3.63) is 23.4 Å². The maximum Gasteiger partial charge on any atom is 0.131 e. The molecule has 0 amide bonds. The molecule has 0 radical (unpaired) electrons. The van der Waals surface area contributed by atoms with Crippen LogP contribution in [0.3, 0.4) is 0 Å².